The maximum atomic E-state index is 13.5. The van der Waals surface area contributed by atoms with Gasteiger partial charge in [0.25, 0.3) is 5.91 Å². The Hall–Kier alpha value is -4.46. The maximum Gasteiger partial charge on any atom is 0.342 e. The van der Waals surface area contributed by atoms with Gasteiger partial charge in [-0.2, -0.15) is 9.78 Å². The third-order valence-electron chi connectivity index (χ3n) is 6.10. The molecule has 182 valence electrons. The minimum absolute atomic E-state index is 0.0181. The Kier molecular flexibility index (Phi) is 6.25. The number of aromatic nitrogens is 2. The third-order valence-corrected chi connectivity index (χ3v) is 6.10. The Morgan fingerprint density at radius 1 is 1.06 bits per heavy atom. The normalized spacial score (nSPS) is 12.8. The van der Waals surface area contributed by atoms with Gasteiger partial charge in [0.05, 0.1) is 11.4 Å². The van der Waals surface area contributed by atoms with Crippen molar-refractivity contribution in [2.24, 2.45) is 0 Å². The third kappa shape index (κ3) is 5.12. The average molecular weight is 485 g/mol. The Morgan fingerprint density at radius 3 is 2.56 bits per heavy atom. The van der Waals surface area contributed by atoms with E-state index in [1.807, 2.05) is 19.1 Å². The molecule has 0 bridgehead atoms. The highest BCUT2D eigenvalue weighted by Crippen LogP contribution is 2.42. The number of nitrogens with zero attached hydrogens (tertiary/aromatic N) is 2. The van der Waals surface area contributed by atoms with Crippen LogP contribution in [0.4, 0.5) is 14.9 Å². The van der Waals surface area contributed by atoms with Crippen molar-refractivity contribution in [2.75, 3.05) is 5.32 Å². The summed E-state index contributed by atoms with van der Waals surface area (Å²) in [6, 6.07) is 19.3. The Balaban J connectivity index is 1.38. The minimum atomic E-state index is -0.435. The number of halogens is 1. The second kappa shape index (κ2) is 9.65. The lowest BCUT2D eigenvalue weighted by Crippen LogP contribution is -2.30. The lowest BCUT2D eigenvalue weighted by molar-refractivity contribution is 0.102. The summed E-state index contributed by atoms with van der Waals surface area (Å²) < 4.78 is 14.8. The van der Waals surface area contributed by atoms with E-state index < -0.39 is 6.03 Å². The Morgan fingerprint density at radius 2 is 1.83 bits per heavy atom. The number of aromatic hydroxyl groups is 1. The van der Waals surface area contributed by atoms with E-state index in [9.17, 15) is 19.1 Å². The van der Waals surface area contributed by atoms with Gasteiger partial charge >= 0.3 is 6.03 Å². The van der Waals surface area contributed by atoms with Crippen LogP contribution in [0.3, 0.4) is 0 Å². The van der Waals surface area contributed by atoms with E-state index >= 15 is 0 Å². The molecule has 0 atom stereocenters. The van der Waals surface area contributed by atoms with Gasteiger partial charge in [-0.15, -0.1) is 0 Å². The number of carbonyl (C=O) groups is 2. The van der Waals surface area contributed by atoms with Gasteiger partial charge in [-0.05, 0) is 73.9 Å². The van der Waals surface area contributed by atoms with Crippen LogP contribution in [-0.4, -0.2) is 26.8 Å². The van der Waals surface area contributed by atoms with Crippen LogP contribution in [0, 0.1) is 12.7 Å². The Labute approximate surface area is 207 Å². The maximum absolute atomic E-state index is 13.5. The van der Waals surface area contributed by atoms with Crippen molar-refractivity contribution in [1.29, 1.82) is 0 Å². The van der Waals surface area contributed by atoms with Gasteiger partial charge in [-0.1, -0.05) is 29.8 Å². The zero-order valence-corrected chi connectivity index (χ0v) is 19.7. The smallest absolute Gasteiger partial charge is 0.342 e. The molecular formula is C28H25FN4O3. The molecule has 0 aliphatic heterocycles. The summed E-state index contributed by atoms with van der Waals surface area (Å²) in [6.45, 7) is 2.10. The highest BCUT2D eigenvalue weighted by Gasteiger charge is 2.30. The highest BCUT2D eigenvalue weighted by atomic mass is 19.1. The number of hydrogen-bond acceptors (Lipinski definition) is 4. The summed E-state index contributed by atoms with van der Waals surface area (Å²) in [5.41, 5.74) is 4.27. The molecule has 1 aliphatic rings. The molecule has 2 amide bonds. The first-order valence-electron chi connectivity index (χ1n) is 11.7. The van der Waals surface area contributed by atoms with Gasteiger partial charge in [-0.3, -0.25) is 4.79 Å². The number of hydrogen-bond donors (Lipinski definition) is 3. The second-order valence-corrected chi connectivity index (χ2v) is 8.98. The molecule has 1 aliphatic carbocycles. The molecule has 1 saturated carbocycles. The van der Waals surface area contributed by atoms with Gasteiger partial charge in [0.1, 0.15) is 11.6 Å². The summed E-state index contributed by atoms with van der Waals surface area (Å²) in [5, 5.41) is 20.6. The van der Waals surface area contributed by atoms with E-state index in [4.69, 9.17) is 0 Å². The molecule has 4 aromatic rings. The van der Waals surface area contributed by atoms with Gasteiger partial charge < -0.3 is 15.7 Å². The average Bonchev–Trinajstić information content (AvgIpc) is 3.62. The summed E-state index contributed by atoms with van der Waals surface area (Å²) in [7, 11) is 0. The molecule has 3 N–H and O–H groups in total. The summed E-state index contributed by atoms with van der Waals surface area (Å²) >= 11 is 0. The number of benzene rings is 3. The number of aryl methyl sites for hydroxylation is 1. The first-order chi connectivity index (χ1) is 17.4. The quantitative estimate of drug-likeness (QED) is 0.311. The van der Waals surface area contributed by atoms with E-state index in [0.29, 0.717) is 28.1 Å². The number of rotatable bonds is 6. The van der Waals surface area contributed by atoms with Crippen LogP contribution >= 0.6 is 0 Å². The molecule has 1 aromatic heterocycles. The molecular weight excluding hydrogens is 459 g/mol. The fourth-order valence-corrected chi connectivity index (χ4v) is 3.99. The van der Waals surface area contributed by atoms with Crippen LogP contribution in [0.25, 0.3) is 11.3 Å². The van der Waals surface area contributed by atoms with Crippen molar-refractivity contribution >= 4 is 17.6 Å². The van der Waals surface area contributed by atoms with Crippen molar-refractivity contribution in [3.8, 4) is 17.0 Å². The van der Waals surface area contributed by atoms with Crippen LogP contribution in [0.5, 0.6) is 5.75 Å². The molecule has 36 heavy (non-hydrogen) atoms. The molecule has 7 nitrogen and oxygen atoms in total. The topological polar surface area (TPSA) is 96.2 Å². The zero-order chi connectivity index (χ0) is 25.2. The molecule has 0 unspecified atom stereocenters. The van der Waals surface area contributed by atoms with Crippen molar-refractivity contribution in [1.82, 2.24) is 15.1 Å². The lowest BCUT2D eigenvalue weighted by Gasteiger charge is -2.09. The standard InChI is InChI=1S/C28H25FN4O3/c1-17-5-7-20(8-6-17)27(35)31-22-11-12-26(34)23(14-22)24-15-25(19-9-10-19)33(32-24)28(36)30-16-18-3-2-4-21(29)13-18/h2-8,11-15,19,34H,9-10,16H2,1H3,(H,30,36)(H,31,35). The summed E-state index contributed by atoms with van der Waals surface area (Å²) in [6.07, 6.45) is 1.89. The summed E-state index contributed by atoms with van der Waals surface area (Å²) in [4.78, 5) is 25.6. The number of carbonyl (C=O) groups excluding carboxylic acids is 2. The SMILES string of the molecule is Cc1ccc(C(=O)Nc2ccc(O)c(-c3cc(C4CC4)n(C(=O)NCc4cccc(F)c4)n3)c2)cc1. The first kappa shape index (κ1) is 23.3. The molecule has 0 saturated heterocycles. The molecule has 0 radical (unpaired) electrons. The van der Waals surface area contributed by atoms with E-state index in [2.05, 4.69) is 15.7 Å². The number of nitrogens with one attached hydrogen (secondary N) is 2. The van der Waals surface area contributed by atoms with Crippen LogP contribution < -0.4 is 10.6 Å². The predicted octanol–water partition coefficient (Wildman–Crippen LogP) is 5.59. The number of anilines is 1. The largest absolute Gasteiger partial charge is 0.507 e. The molecule has 0 spiro atoms. The van der Waals surface area contributed by atoms with Crippen molar-refractivity contribution < 1.29 is 19.1 Å². The predicted molar refractivity (Wildman–Crippen MR) is 134 cm³/mol. The van der Waals surface area contributed by atoms with E-state index in [0.717, 1.165) is 24.1 Å². The van der Waals surface area contributed by atoms with E-state index in [1.54, 1.807) is 42.5 Å². The van der Waals surface area contributed by atoms with Crippen LogP contribution in [0.1, 0.15) is 45.9 Å². The van der Waals surface area contributed by atoms with Gasteiger partial charge in [0.2, 0.25) is 0 Å². The van der Waals surface area contributed by atoms with Crippen LogP contribution in [0.2, 0.25) is 0 Å². The number of phenols is 1. The van der Waals surface area contributed by atoms with Gasteiger partial charge in [-0.25, -0.2) is 9.18 Å². The number of amides is 2. The molecule has 5 rings (SSSR count). The minimum Gasteiger partial charge on any atom is -0.507 e. The molecule has 3 aromatic carbocycles. The van der Waals surface area contributed by atoms with Crippen molar-refractivity contribution in [3.63, 3.8) is 0 Å². The van der Waals surface area contributed by atoms with E-state index in [1.165, 1.54) is 22.9 Å². The number of phenolic OH excluding ortho intramolecular Hbond substituents is 1. The Bertz CT molecular complexity index is 1440. The highest BCUT2D eigenvalue weighted by molar-refractivity contribution is 6.04. The first-order valence-corrected chi connectivity index (χ1v) is 11.7. The van der Waals surface area contributed by atoms with Gasteiger partial charge in [0, 0.05) is 29.3 Å². The molecule has 1 fully saturated rings. The van der Waals surface area contributed by atoms with Crippen LogP contribution in [-0.2, 0) is 6.54 Å². The van der Waals surface area contributed by atoms with Crippen LogP contribution in [0.15, 0.2) is 72.8 Å². The zero-order valence-electron chi connectivity index (χ0n) is 19.7. The second-order valence-electron chi connectivity index (χ2n) is 8.98. The molecule has 1 heterocycles. The molecule has 8 heteroatoms. The lowest BCUT2D eigenvalue weighted by atomic mass is 10.1. The summed E-state index contributed by atoms with van der Waals surface area (Å²) in [5.74, 6) is -0.451. The van der Waals surface area contributed by atoms with Crippen molar-refractivity contribution in [3.05, 3.63) is 101 Å². The monoisotopic (exact) mass is 484 g/mol. The fraction of sp³-hybridized carbons (Fsp3) is 0.179. The van der Waals surface area contributed by atoms with Crippen molar-refractivity contribution in [2.45, 2.75) is 32.2 Å². The van der Waals surface area contributed by atoms with E-state index in [-0.39, 0.29) is 29.9 Å². The van der Waals surface area contributed by atoms with Gasteiger partial charge in [0.15, 0.2) is 0 Å². The fourth-order valence-electron chi connectivity index (χ4n) is 3.99.